The monoisotopic (exact) mass is 218 g/mol. The second-order valence-electron chi connectivity index (χ2n) is 2.33. The zero-order valence-corrected chi connectivity index (χ0v) is 8.96. The van der Waals surface area contributed by atoms with Gasteiger partial charge in [0, 0.05) is 12.2 Å². The third kappa shape index (κ3) is 7.67. The zero-order chi connectivity index (χ0) is 10.8. The van der Waals surface area contributed by atoms with Crippen molar-refractivity contribution in [3.8, 4) is 0 Å². The summed E-state index contributed by atoms with van der Waals surface area (Å²) in [5.74, 6) is -0.423. The van der Waals surface area contributed by atoms with E-state index in [0.29, 0.717) is 18.8 Å². The number of carbonyl (C=O) groups excluding carboxylic acids is 2. The molecule has 0 rings (SSSR count). The van der Waals surface area contributed by atoms with Gasteiger partial charge in [-0.2, -0.15) is 12.6 Å². The van der Waals surface area contributed by atoms with Crippen molar-refractivity contribution in [2.45, 2.75) is 13.3 Å². The Bertz CT molecular complexity index is 213. The normalized spacial score (nSPS) is 10.1. The summed E-state index contributed by atoms with van der Waals surface area (Å²) in [7, 11) is 0. The molecule has 14 heavy (non-hydrogen) atoms. The van der Waals surface area contributed by atoms with Gasteiger partial charge in [-0.3, -0.25) is 0 Å². The maximum Gasteiger partial charge on any atom is 0.331 e. The lowest BCUT2D eigenvalue weighted by atomic mass is 10.5. The Balaban J connectivity index is 3.64. The molecule has 5 heteroatoms. The van der Waals surface area contributed by atoms with Gasteiger partial charge in [0.05, 0.1) is 13.2 Å². The first-order chi connectivity index (χ1) is 6.70. The first-order valence-corrected chi connectivity index (χ1v) is 4.96. The van der Waals surface area contributed by atoms with Crippen LogP contribution in [-0.4, -0.2) is 30.9 Å². The van der Waals surface area contributed by atoms with E-state index >= 15 is 0 Å². The molecule has 0 radical (unpaired) electrons. The third-order valence-electron chi connectivity index (χ3n) is 1.19. The van der Waals surface area contributed by atoms with Crippen molar-refractivity contribution < 1.29 is 19.1 Å². The Hall–Kier alpha value is -0.970. The van der Waals surface area contributed by atoms with Crippen LogP contribution in [0, 0.1) is 0 Å². The number of esters is 2. The molecule has 0 amide bonds. The lowest BCUT2D eigenvalue weighted by Crippen LogP contribution is -2.05. The maximum atomic E-state index is 10.9. The van der Waals surface area contributed by atoms with E-state index in [-0.39, 0.29) is 6.61 Å². The molecule has 0 aliphatic rings. The van der Waals surface area contributed by atoms with E-state index in [0.717, 1.165) is 12.2 Å². The summed E-state index contributed by atoms with van der Waals surface area (Å²) >= 11 is 3.95. The summed E-state index contributed by atoms with van der Waals surface area (Å²) in [6.07, 6.45) is 2.80. The molecule has 0 bridgehead atoms. The van der Waals surface area contributed by atoms with E-state index in [1.54, 1.807) is 6.92 Å². The Morgan fingerprint density at radius 2 is 1.79 bits per heavy atom. The quantitative estimate of drug-likeness (QED) is 0.312. The van der Waals surface area contributed by atoms with Gasteiger partial charge in [0.2, 0.25) is 0 Å². The Morgan fingerprint density at radius 1 is 1.21 bits per heavy atom. The van der Waals surface area contributed by atoms with Crippen molar-refractivity contribution in [1.82, 2.24) is 0 Å². The van der Waals surface area contributed by atoms with Crippen LogP contribution in [0.25, 0.3) is 0 Å². The van der Waals surface area contributed by atoms with Gasteiger partial charge in [0.15, 0.2) is 0 Å². The zero-order valence-electron chi connectivity index (χ0n) is 8.06. The van der Waals surface area contributed by atoms with Crippen LogP contribution in [0.15, 0.2) is 12.2 Å². The third-order valence-corrected chi connectivity index (χ3v) is 1.51. The molecule has 0 saturated heterocycles. The molecule has 0 aliphatic carbocycles. The molecule has 0 unspecified atom stereocenters. The molecule has 0 spiro atoms. The van der Waals surface area contributed by atoms with Gasteiger partial charge in [0.25, 0.3) is 0 Å². The van der Waals surface area contributed by atoms with Gasteiger partial charge >= 0.3 is 11.9 Å². The number of ether oxygens (including phenoxy) is 2. The van der Waals surface area contributed by atoms with Crippen molar-refractivity contribution >= 4 is 24.6 Å². The van der Waals surface area contributed by atoms with Crippen molar-refractivity contribution in [3.05, 3.63) is 12.2 Å². The second-order valence-corrected chi connectivity index (χ2v) is 2.78. The molecule has 0 N–H and O–H groups in total. The predicted octanol–water partition coefficient (Wildman–Crippen LogP) is 0.969. The maximum absolute atomic E-state index is 10.9. The van der Waals surface area contributed by atoms with Crippen molar-refractivity contribution in [3.63, 3.8) is 0 Å². The summed E-state index contributed by atoms with van der Waals surface area (Å²) in [5, 5.41) is 0. The fourth-order valence-electron chi connectivity index (χ4n) is 0.612. The van der Waals surface area contributed by atoms with Crippen molar-refractivity contribution in [2.24, 2.45) is 0 Å². The SMILES string of the molecule is CCOC(=O)/C=C\C(=O)OCCCS. The summed E-state index contributed by atoms with van der Waals surface area (Å²) in [5.41, 5.74) is 0. The second kappa shape index (κ2) is 8.62. The van der Waals surface area contributed by atoms with Crippen LogP contribution >= 0.6 is 12.6 Å². The summed E-state index contributed by atoms with van der Waals surface area (Å²) in [4.78, 5) is 21.6. The fraction of sp³-hybridized carbons (Fsp3) is 0.556. The van der Waals surface area contributed by atoms with E-state index < -0.39 is 11.9 Å². The highest BCUT2D eigenvalue weighted by atomic mass is 32.1. The van der Waals surface area contributed by atoms with Gasteiger partial charge in [-0.25, -0.2) is 9.59 Å². The number of carbonyl (C=O) groups is 2. The van der Waals surface area contributed by atoms with E-state index in [2.05, 4.69) is 17.4 Å². The predicted molar refractivity (Wildman–Crippen MR) is 55.2 cm³/mol. The van der Waals surface area contributed by atoms with Gasteiger partial charge in [0.1, 0.15) is 0 Å². The topological polar surface area (TPSA) is 52.6 Å². The summed E-state index contributed by atoms with van der Waals surface area (Å²) in [6, 6.07) is 0. The molecule has 0 heterocycles. The molecule has 0 aromatic rings. The molecule has 80 valence electrons. The van der Waals surface area contributed by atoms with Gasteiger partial charge in [-0.05, 0) is 19.1 Å². The van der Waals surface area contributed by atoms with Crippen LogP contribution in [-0.2, 0) is 19.1 Å². The van der Waals surface area contributed by atoms with Gasteiger partial charge in [-0.15, -0.1) is 0 Å². The van der Waals surface area contributed by atoms with Crippen LogP contribution < -0.4 is 0 Å². The minimum absolute atomic E-state index is 0.290. The minimum Gasteiger partial charge on any atom is -0.463 e. The van der Waals surface area contributed by atoms with E-state index in [4.69, 9.17) is 4.74 Å². The first-order valence-electron chi connectivity index (χ1n) is 4.33. The highest BCUT2D eigenvalue weighted by Gasteiger charge is 1.98. The van der Waals surface area contributed by atoms with E-state index in [9.17, 15) is 9.59 Å². The van der Waals surface area contributed by atoms with Crippen LogP contribution in [0.4, 0.5) is 0 Å². The van der Waals surface area contributed by atoms with E-state index in [1.807, 2.05) is 0 Å². The largest absolute Gasteiger partial charge is 0.463 e. The molecule has 4 nitrogen and oxygen atoms in total. The Labute approximate surface area is 88.7 Å². The number of hydrogen-bond donors (Lipinski definition) is 1. The van der Waals surface area contributed by atoms with Gasteiger partial charge < -0.3 is 9.47 Å². The minimum atomic E-state index is -0.543. The number of rotatable bonds is 6. The Kier molecular flexibility index (Phi) is 8.02. The smallest absolute Gasteiger partial charge is 0.331 e. The van der Waals surface area contributed by atoms with Gasteiger partial charge in [-0.1, -0.05) is 0 Å². The summed E-state index contributed by atoms with van der Waals surface area (Å²) in [6.45, 7) is 2.30. The molecule has 0 saturated carbocycles. The molecule has 0 fully saturated rings. The van der Waals surface area contributed by atoms with E-state index in [1.165, 1.54) is 0 Å². The highest BCUT2D eigenvalue weighted by Crippen LogP contribution is 1.89. The van der Waals surface area contributed by atoms with Crippen molar-refractivity contribution in [1.29, 1.82) is 0 Å². The molecular formula is C9H14O4S. The average Bonchev–Trinajstić information content (AvgIpc) is 2.16. The lowest BCUT2D eigenvalue weighted by molar-refractivity contribution is -0.140. The average molecular weight is 218 g/mol. The van der Waals surface area contributed by atoms with Crippen LogP contribution in [0.3, 0.4) is 0 Å². The molecule has 0 atom stereocenters. The highest BCUT2D eigenvalue weighted by molar-refractivity contribution is 7.80. The molecule has 0 aromatic carbocycles. The van der Waals surface area contributed by atoms with Crippen LogP contribution in [0.5, 0.6) is 0 Å². The fourth-order valence-corrected chi connectivity index (χ4v) is 0.741. The molecule has 0 aromatic heterocycles. The summed E-state index contributed by atoms with van der Waals surface area (Å²) < 4.78 is 9.30. The van der Waals surface area contributed by atoms with Crippen molar-refractivity contribution in [2.75, 3.05) is 19.0 Å². The van der Waals surface area contributed by atoms with Crippen LogP contribution in [0.1, 0.15) is 13.3 Å². The lowest BCUT2D eigenvalue weighted by Gasteiger charge is -1.98. The molecule has 0 aliphatic heterocycles. The number of thiol groups is 1. The standard InChI is InChI=1S/C9H14O4S/c1-2-12-8(10)4-5-9(11)13-6-3-7-14/h4-5,14H,2-3,6-7H2,1H3/b5-4-. The number of hydrogen-bond acceptors (Lipinski definition) is 5. The molecular weight excluding hydrogens is 204 g/mol. The Morgan fingerprint density at radius 3 is 2.29 bits per heavy atom. The first kappa shape index (κ1) is 13.0. The van der Waals surface area contributed by atoms with Crippen LogP contribution in [0.2, 0.25) is 0 Å².